The van der Waals surface area contributed by atoms with E-state index in [9.17, 15) is 14.7 Å². The molecule has 0 atom stereocenters. The predicted molar refractivity (Wildman–Crippen MR) is 108 cm³/mol. The molecule has 1 aliphatic heterocycles. The van der Waals surface area contributed by atoms with Gasteiger partial charge in [-0.1, -0.05) is 6.07 Å². The molecule has 7 heteroatoms. The summed E-state index contributed by atoms with van der Waals surface area (Å²) in [6.45, 7) is 3.15. The van der Waals surface area contributed by atoms with E-state index in [-0.39, 0.29) is 6.61 Å². The molecule has 146 valence electrons. The Morgan fingerprint density at radius 2 is 2.00 bits per heavy atom. The van der Waals surface area contributed by atoms with Gasteiger partial charge in [0.2, 0.25) is 0 Å². The van der Waals surface area contributed by atoms with Crippen LogP contribution in [0.15, 0.2) is 47.4 Å². The Morgan fingerprint density at radius 3 is 2.71 bits per heavy atom. The maximum atomic E-state index is 12.5. The second kappa shape index (κ2) is 7.61. The van der Waals surface area contributed by atoms with Crippen LogP contribution in [-0.2, 0) is 6.54 Å². The van der Waals surface area contributed by atoms with Crippen LogP contribution in [0.2, 0.25) is 0 Å². The number of aliphatic hydroxyl groups excluding tert-OH is 1. The number of nitrogens with two attached hydrogens (primary N) is 1. The highest BCUT2D eigenvalue weighted by atomic mass is 16.3. The summed E-state index contributed by atoms with van der Waals surface area (Å²) < 4.78 is 0.905. The summed E-state index contributed by atoms with van der Waals surface area (Å²) in [6, 6.07) is 10.7. The number of carbonyl (C=O) groups excluding carboxylic acids is 1. The Kier molecular flexibility index (Phi) is 5.02. The van der Waals surface area contributed by atoms with Crippen LogP contribution >= 0.6 is 0 Å². The number of H-pyrrole nitrogens is 1. The molecule has 1 saturated heterocycles. The first-order chi connectivity index (χ1) is 13.5. The second-order valence-corrected chi connectivity index (χ2v) is 7.44. The number of piperidine rings is 1. The summed E-state index contributed by atoms with van der Waals surface area (Å²) in [6.07, 6.45) is 3.44. The lowest BCUT2D eigenvalue weighted by Crippen LogP contribution is -2.34. The van der Waals surface area contributed by atoms with Crippen molar-refractivity contribution in [2.75, 3.05) is 19.7 Å². The van der Waals surface area contributed by atoms with E-state index in [4.69, 9.17) is 5.73 Å². The molecule has 0 spiro atoms. The summed E-state index contributed by atoms with van der Waals surface area (Å²) in [4.78, 5) is 29.6. The standard InChI is InChI=1S/C21H24N4O3/c22-21(28)25-7-1-2-17(20(25)27)19-11-16-10-15(3-4-18(16)23-19)12-24-8-5-14(13-26)6-9-24/h1-4,7,10-11,14,23,26H,5-6,8-9,12-13H2,(H2,22,28). The van der Waals surface area contributed by atoms with Gasteiger partial charge in [-0.05, 0) is 67.7 Å². The van der Waals surface area contributed by atoms with Gasteiger partial charge in [-0.25, -0.2) is 9.36 Å². The molecule has 1 aliphatic rings. The lowest BCUT2D eigenvalue weighted by atomic mass is 9.97. The van der Waals surface area contributed by atoms with Crippen LogP contribution in [-0.4, -0.2) is 45.3 Å². The van der Waals surface area contributed by atoms with Gasteiger partial charge in [0.15, 0.2) is 0 Å². The highest BCUT2D eigenvalue weighted by Gasteiger charge is 2.18. The second-order valence-electron chi connectivity index (χ2n) is 7.44. The van der Waals surface area contributed by atoms with Gasteiger partial charge in [0.1, 0.15) is 0 Å². The van der Waals surface area contributed by atoms with Crippen molar-refractivity contribution in [1.29, 1.82) is 0 Å². The molecule has 4 N–H and O–H groups in total. The zero-order chi connectivity index (χ0) is 19.7. The largest absolute Gasteiger partial charge is 0.396 e. The van der Waals surface area contributed by atoms with E-state index in [0.29, 0.717) is 17.2 Å². The smallest absolute Gasteiger partial charge is 0.325 e. The number of nitrogens with one attached hydrogen (secondary N) is 1. The van der Waals surface area contributed by atoms with Crippen molar-refractivity contribution in [3.8, 4) is 11.3 Å². The number of benzene rings is 1. The molecule has 0 bridgehead atoms. The lowest BCUT2D eigenvalue weighted by molar-refractivity contribution is 0.127. The lowest BCUT2D eigenvalue weighted by Gasteiger charge is -2.31. The SMILES string of the molecule is NC(=O)n1cccc(-c2cc3cc(CN4CCC(CO)CC4)ccc3[nH]2)c1=O. The van der Waals surface area contributed by atoms with Gasteiger partial charge in [-0.2, -0.15) is 0 Å². The Labute approximate surface area is 162 Å². The summed E-state index contributed by atoms with van der Waals surface area (Å²) in [5.41, 5.74) is 8.04. The number of aliphatic hydroxyl groups is 1. The van der Waals surface area contributed by atoms with Crippen molar-refractivity contribution in [3.63, 3.8) is 0 Å². The van der Waals surface area contributed by atoms with Crippen molar-refractivity contribution in [2.24, 2.45) is 11.7 Å². The molecule has 2 aromatic heterocycles. The van der Waals surface area contributed by atoms with Gasteiger partial charge in [-0.3, -0.25) is 9.69 Å². The number of rotatable bonds is 4. The molecule has 0 saturated carbocycles. The van der Waals surface area contributed by atoms with Crippen molar-refractivity contribution in [2.45, 2.75) is 19.4 Å². The van der Waals surface area contributed by atoms with Crippen LogP contribution in [0.1, 0.15) is 18.4 Å². The normalized spacial score (nSPS) is 15.9. The van der Waals surface area contributed by atoms with Crippen LogP contribution in [0.5, 0.6) is 0 Å². The summed E-state index contributed by atoms with van der Waals surface area (Å²) in [7, 11) is 0. The van der Waals surface area contributed by atoms with E-state index in [2.05, 4.69) is 22.0 Å². The minimum atomic E-state index is -0.796. The zero-order valence-electron chi connectivity index (χ0n) is 15.6. The molecular weight excluding hydrogens is 356 g/mol. The molecule has 0 unspecified atom stereocenters. The number of nitrogens with zero attached hydrogens (tertiary/aromatic N) is 2. The summed E-state index contributed by atoms with van der Waals surface area (Å²) >= 11 is 0. The van der Waals surface area contributed by atoms with E-state index in [1.807, 2.05) is 12.1 Å². The van der Waals surface area contributed by atoms with Crippen LogP contribution in [0, 0.1) is 5.92 Å². The van der Waals surface area contributed by atoms with E-state index >= 15 is 0 Å². The van der Waals surface area contributed by atoms with Gasteiger partial charge >= 0.3 is 6.03 Å². The fourth-order valence-electron chi connectivity index (χ4n) is 3.88. The third-order valence-corrected chi connectivity index (χ3v) is 5.53. The van der Waals surface area contributed by atoms with Gasteiger partial charge < -0.3 is 15.8 Å². The van der Waals surface area contributed by atoms with Crippen LogP contribution in [0.4, 0.5) is 4.79 Å². The summed E-state index contributed by atoms with van der Waals surface area (Å²) in [5, 5.41) is 10.3. The van der Waals surface area contributed by atoms with Crippen LogP contribution in [0.25, 0.3) is 22.2 Å². The molecule has 4 rings (SSSR count). The van der Waals surface area contributed by atoms with E-state index in [1.165, 1.54) is 11.8 Å². The third-order valence-electron chi connectivity index (χ3n) is 5.53. The van der Waals surface area contributed by atoms with Gasteiger partial charge in [0.05, 0.1) is 11.3 Å². The van der Waals surface area contributed by atoms with Gasteiger partial charge in [-0.15, -0.1) is 0 Å². The molecule has 1 aromatic carbocycles. The van der Waals surface area contributed by atoms with E-state index < -0.39 is 11.6 Å². The third kappa shape index (κ3) is 3.58. The van der Waals surface area contributed by atoms with Gasteiger partial charge in [0, 0.05) is 30.3 Å². The highest BCUT2D eigenvalue weighted by molar-refractivity contribution is 5.86. The fraction of sp³-hybridized carbons (Fsp3) is 0.333. The van der Waals surface area contributed by atoms with Gasteiger partial charge in [0.25, 0.3) is 5.56 Å². The number of aromatic amines is 1. The highest BCUT2D eigenvalue weighted by Crippen LogP contribution is 2.24. The maximum Gasteiger partial charge on any atom is 0.325 e. The number of carbonyl (C=O) groups is 1. The Balaban J connectivity index is 1.58. The quantitative estimate of drug-likeness (QED) is 0.645. The number of hydrogen-bond donors (Lipinski definition) is 3. The first-order valence-electron chi connectivity index (χ1n) is 9.52. The number of hydrogen-bond acceptors (Lipinski definition) is 4. The number of primary amides is 1. The van der Waals surface area contributed by atoms with Crippen molar-refractivity contribution in [3.05, 3.63) is 58.5 Å². The van der Waals surface area contributed by atoms with E-state index in [0.717, 1.165) is 47.9 Å². The molecule has 3 heterocycles. The minimum Gasteiger partial charge on any atom is -0.396 e. The molecule has 3 aromatic rings. The fourth-order valence-corrected chi connectivity index (χ4v) is 3.88. The molecule has 7 nitrogen and oxygen atoms in total. The molecular formula is C21H24N4O3. The van der Waals surface area contributed by atoms with Crippen molar-refractivity contribution < 1.29 is 9.90 Å². The zero-order valence-corrected chi connectivity index (χ0v) is 15.6. The van der Waals surface area contributed by atoms with Crippen molar-refractivity contribution in [1.82, 2.24) is 14.5 Å². The minimum absolute atomic E-state index is 0.281. The van der Waals surface area contributed by atoms with Crippen LogP contribution < -0.4 is 11.3 Å². The first-order valence-corrected chi connectivity index (χ1v) is 9.52. The average Bonchev–Trinajstić information content (AvgIpc) is 3.11. The number of likely N-dealkylation sites (tertiary alicyclic amines) is 1. The average molecular weight is 380 g/mol. The van der Waals surface area contributed by atoms with Crippen LogP contribution in [0.3, 0.4) is 0 Å². The molecule has 1 fully saturated rings. The molecule has 0 radical (unpaired) electrons. The monoisotopic (exact) mass is 380 g/mol. The van der Waals surface area contributed by atoms with E-state index in [1.54, 1.807) is 12.1 Å². The maximum absolute atomic E-state index is 12.5. The molecule has 1 amide bonds. The number of fused-ring (bicyclic) bond motifs is 1. The Bertz CT molecular complexity index is 1060. The first kappa shape index (κ1) is 18.5. The Hall–Kier alpha value is -2.90. The molecule has 28 heavy (non-hydrogen) atoms. The summed E-state index contributed by atoms with van der Waals surface area (Å²) in [5.74, 6) is 0.432. The van der Waals surface area contributed by atoms with Crippen molar-refractivity contribution >= 4 is 16.9 Å². The molecule has 0 aliphatic carbocycles. The Morgan fingerprint density at radius 1 is 1.21 bits per heavy atom. The number of amides is 1. The number of pyridine rings is 1. The topological polar surface area (TPSA) is 104 Å². The predicted octanol–water partition coefficient (Wildman–Crippen LogP) is 2.13. The number of aromatic nitrogens is 2.